The average Bonchev–Trinajstić information content (AvgIpc) is 3.05. The minimum absolute atomic E-state index is 0. The Labute approximate surface area is 199 Å². The van der Waals surface area contributed by atoms with Crippen molar-refractivity contribution in [3.8, 4) is 0 Å². The van der Waals surface area contributed by atoms with Crippen molar-refractivity contribution in [2.75, 3.05) is 18.2 Å². The maximum atomic E-state index is 12.6. The molecule has 0 saturated heterocycles. The van der Waals surface area contributed by atoms with E-state index in [1.54, 1.807) is 7.11 Å². The van der Waals surface area contributed by atoms with Crippen molar-refractivity contribution in [1.29, 1.82) is 0 Å². The van der Waals surface area contributed by atoms with Gasteiger partial charge in [-0.2, -0.15) is 0 Å². The lowest BCUT2D eigenvalue weighted by molar-refractivity contribution is -0.110. The van der Waals surface area contributed by atoms with Crippen LogP contribution in [0, 0.1) is 5.92 Å². The Morgan fingerprint density at radius 1 is 1.12 bits per heavy atom. The van der Waals surface area contributed by atoms with Gasteiger partial charge in [0, 0.05) is 27.3 Å². The number of carbonyl (C=O) groups excluding carboxylic acids is 1. The van der Waals surface area contributed by atoms with E-state index in [-0.39, 0.29) is 13.3 Å². The standard InChI is InChI=1S/C23H25NO2S.C4H10.CH4/c1-4-8-22(26-3)18-10-7-6-9-16(18)14-20-19-15-17(27-13-5-2)11-12-21(19)24-23(20)25;1-4(2)3;/h6-12,14-15H,4-5,13H2,1-3H3,(H,24,25);4H,1-3H3;1H4/b20-14-,22-8-;;. The number of methoxy groups -OCH3 is 1. The predicted molar refractivity (Wildman–Crippen MR) is 143 cm³/mol. The van der Waals surface area contributed by atoms with Crippen molar-refractivity contribution in [2.45, 2.75) is 59.8 Å². The first kappa shape index (κ1) is 27.6. The van der Waals surface area contributed by atoms with Crippen molar-refractivity contribution < 1.29 is 9.53 Å². The lowest BCUT2D eigenvalue weighted by Crippen LogP contribution is -2.03. The fraction of sp³-hybridized carbons (Fsp3) is 0.393. The van der Waals surface area contributed by atoms with E-state index in [1.807, 2.05) is 48.2 Å². The molecule has 1 N–H and O–H groups in total. The summed E-state index contributed by atoms with van der Waals surface area (Å²) in [7, 11) is 1.68. The van der Waals surface area contributed by atoms with Gasteiger partial charge in [-0.25, -0.2) is 0 Å². The summed E-state index contributed by atoms with van der Waals surface area (Å²) >= 11 is 1.82. The van der Waals surface area contributed by atoms with E-state index in [2.05, 4.69) is 58.1 Å². The molecule has 0 radical (unpaired) electrons. The number of nitrogens with one attached hydrogen (secondary N) is 1. The van der Waals surface area contributed by atoms with Gasteiger partial charge < -0.3 is 10.1 Å². The maximum absolute atomic E-state index is 12.6. The molecular weight excluding hydrogens is 414 g/mol. The van der Waals surface area contributed by atoms with Gasteiger partial charge in [-0.15, -0.1) is 11.8 Å². The van der Waals surface area contributed by atoms with Gasteiger partial charge in [0.15, 0.2) is 0 Å². The molecule has 174 valence electrons. The van der Waals surface area contributed by atoms with E-state index >= 15 is 0 Å². The first-order chi connectivity index (χ1) is 14.9. The summed E-state index contributed by atoms with van der Waals surface area (Å²) in [6, 6.07) is 14.2. The zero-order valence-corrected chi connectivity index (χ0v) is 20.4. The molecular formula is C28H39NO2S. The molecule has 4 heteroatoms. The normalized spacial score (nSPS) is 13.8. The molecule has 3 nitrogen and oxygen atoms in total. The van der Waals surface area contributed by atoms with Gasteiger partial charge in [0.05, 0.1) is 7.11 Å². The summed E-state index contributed by atoms with van der Waals surface area (Å²) in [5.41, 5.74) is 4.51. The number of benzene rings is 2. The highest BCUT2D eigenvalue weighted by Gasteiger charge is 2.25. The van der Waals surface area contributed by atoms with Crippen LogP contribution in [-0.2, 0) is 9.53 Å². The second-order valence-electron chi connectivity index (χ2n) is 8.07. The van der Waals surface area contributed by atoms with Crippen LogP contribution in [0.4, 0.5) is 5.69 Å². The van der Waals surface area contributed by atoms with Crippen LogP contribution in [-0.4, -0.2) is 18.8 Å². The summed E-state index contributed by atoms with van der Waals surface area (Å²) in [5.74, 6) is 2.67. The Kier molecular flexibility index (Phi) is 11.9. The van der Waals surface area contributed by atoms with E-state index in [1.165, 1.54) is 4.90 Å². The number of ether oxygens (including phenoxy) is 1. The Balaban J connectivity index is 0.000000945. The molecule has 1 amide bonds. The monoisotopic (exact) mass is 453 g/mol. The molecule has 0 aliphatic carbocycles. The fourth-order valence-corrected chi connectivity index (χ4v) is 3.92. The molecule has 0 spiro atoms. The molecule has 2 aromatic carbocycles. The van der Waals surface area contributed by atoms with Crippen molar-refractivity contribution in [1.82, 2.24) is 0 Å². The molecule has 0 bridgehead atoms. The van der Waals surface area contributed by atoms with Crippen LogP contribution >= 0.6 is 11.8 Å². The van der Waals surface area contributed by atoms with Crippen LogP contribution in [0.3, 0.4) is 0 Å². The third-order valence-corrected chi connectivity index (χ3v) is 5.58. The molecule has 1 aliphatic heterocycles. The number of anilines is 1. The molecule has 1 heterocycles. The van der Waals surface area contributed by atoms with Crippen LogP contribution in [0.1, 0.15) is 71.6 Å². The van der Waals surface area contributed by atoms with E-state index < -0.39 is 0 Å². The third kappa shape index (κ3) is 7.59. The molecule has 0 unspecified atom stereocenters. The largest absolute Gasteiger partial charge is 0.496 e. The number of allylic oxidation sites excluding steroid dienone is 1. The number of amides is 1. The van der Waals surface area contributed by atoms with Crippen molar-refractivity contribution >= 4 is 40.8 Å². The molecule has 3 rings (SSSR count). The second kappa shape index (κ2) is 13.8. The summed E-state index contributed by atoms with van der Waals surface area (Å²) in [6.45, 7) is 10.8. The van der Waals surface area contributed by atoms with Crippen molar-refractivity contribution in [3.05, 3.63) is 65.2 Å². The van der Waals surface area contributed by atoms with Crippen LogP contribution in [0.5, 0.6) is 0 Å². The van der Waals surface area contributed by atoms with Gasteiger partial charge in [-0.05, 0) is 60.4 Å². The van der Waals surface area contributed by atoms with Crippen LogP contribution < -0.4 is 5.32 Å². The molecule has 32 heavy (non-hydrogen) atoms. The Morgan fingerprint density at radius 3 is 2.44 bits per heavy atom. The van der Waals surface area contributed by atoms with E-state index in [0.717, 1.165) is 52.6 Å². The fourth-order valence-electron chi connectivity index (χ4n) is 3.11. The number of rotatable bonds is 7. The SMILES string of the molecule is C.CC(C)C.CC/C=C(\OC)c1ccccc1/C=C1\C(=O)Nc2ccc(SCCC)cc21. The van der Waals surface area contributed by atoms with Gasteiger partial charge in [0.25, 0.3) is 5.91 Å². The number of hydrogen-bond donors (Lipinski definition) is 1. The van der Waals surface area contributed by atoms with Gasteiger partial charge >= 0.3 is 0 Å². The molecule has 0 saturated carbocycles. The molecule has 0 aromatic heterocycles. The number of fused-ring (bicyclic) bond motifs is 1. The highest BCUT2D eigenvalue weighted by Crippen LogP contribution is 2.37. The number of carbonyl (C=O) groups is 1. The Morgan fingerprint density at radius 2 is 1.81 bits per heavy atom. The minimum Gasteiger partial charge on any atom is -0.496 e. The highest BCUT2D eigenvalue weighted by molar-refractivity contribution is 7.99. The lowest BCUT2D eigenvalue weighted by atomic mass is 9.99. The zero-order chi connectivity index (χ0) is 22.8. The van der Waals surface area contributed by atoms with Crippen LogP contribution in [0.2, 0.25) is 0 Å². The van der Waals surface area contributed by atoms with Gasteiger partial charge in [-0.1, -0.05) is 66.3 Å². The van der Waals surface area contributed by atoms with Gasteiger partial charge in [0.1, 0.15) is 5.76 Å². The van der Waals surface area contributed by atoms with E-state index in [0.29, 0.717) is 5.57 Å². The summed E-state index contributed by atoms with van der Waals surface area (Å²) in [6.07, 6.45) is 6.03. The quantitative estimate of drug-likeness (QED) is 0.260. The number of thioether (sulfide) groups is 1. The maximum Gasteiger partial charge on any atom is 0.256 e. The van der Waals surface area contributed by atoms with Crippen LogP contribution in [0.15, 0.2) is 53.4 Å². The average molecular weight is 454 g/mol. The first-order valence-electron chi connectivity index (χ1n) is 11.0. The van der Waals surface area contributed by atoms with E-state index in [9.17, 15) is 4.79 Å². The highest BCUT2D eigenvalue weighted by atomic mass is 32.2. The zero-order valence-electron chi connectivity index (χ0n) is 19.6. The first-order valence-corrected chi connectivity index (χ1v) is 12.0. The number of hydrogen-bond acceptors (Lipinski definition) is 3. The smallest absolute Gasteiger partial charge is 0.256 e. The lowest BCUT2D eigenvalue weighted by Gasteiger charge is -2.10. The summed E-state index contributed by atoms with van der Waals surface area (Å²) in [4.78, 5) is 13.8. The molecule has 1 aliphatic rings. The van der Waals surface area contributed by atoms with E-state index in [4.69, 9.17) is 4.74 Å². The minimum atomic E-state index is -0.0594. The topological polar surface area (TPSA) is 38.3 Å². The molecule has 0 fully saturated rings. The molecule has 2 aromatic rings. The molecule has 0 atom stereocenters. The van der Waals surface area contributed by atoms with Gasteiger partial charge in [0.2, 0.25) is 0 Å². The summed E-state index contributed by atoms with van der Waals surface area (Å²) < 4.78 is 5.57. The third-order valence-electron chi connectivity index (χ3n) is 4.38. The van der Waals surface area contributed by atoms with Crippen molar-refractivity contribution in [3.63, 3.8) is 0 Å². The Hall–Kier alpha value is -2.46. The summed E-state index contributed by atoms with van der Waals surface area (Å²) in [5, 5.41) is 2.98. The second-order valence-corrected chi connectivity index (χ2v) is 9.24. The van der Waals surface area contributed by atoms with Crippen molar-refractivity contribution in [2.24, 2.45) is 5.92 Å². The Bertz CT molecular complexity index is 941. The van der Waals surface area contributed by atoms with Gasteiger partial charge in [-0.3, -0.25) is 4.79 Å². The van der Waals surface area contributed by atoms with Crippen LogP contribution in [0.25, 0.3) is 17.4 Å². The predicted octanol–water partition coefficient (Wildman–Crippen LogP) is 8.38.